The Hall–Kier alpha value is -1.51. The van der Waals surface area contributed by atoms with Crippen LogP contribution in [0.4, 0.5) is 4.79 Å². The molecule has 122 valence electrons. The molecule has 0 aliphatic heterocycles. The summed E-state index contributed by atoms with van der Waals surface area (Å²) < 4.78 is 0. The molecule has 1 aliphatic carbocycles. The zero-order valence-corrected chi connectivity index (χ0v) is 14.1. The molecule has 0 spiro atoms. The summed E-state index contributed by atoms with van der Waals surface area (Å²) in [7, 11) is 1.92. The van der Waals surface area contributed by atoms with Gasteiger partial charge in [0, 0.05) is 19.6 Å². The van der Waals surface area contributed by atoms with Gasteiger partial charge in [0.2, 0.25) is 0 Å². The molecule has 22 heavy (non-hydrogen) atoms. The highest BCUT2D eigenvalue weighted by Gasteiger charge is 2.19. The number of nitrogens with one attached hydrogen (secondary N) is 1. The van der Waals surface area contributed by atoms with Gasteiger partial charge < -0.3 is 10.2 Å². The lowest BCUT2D eigenvalue weighted by Gasteiger charge is -2.28. The summed E-state index contributed by atoms with van der Waals surface area (Å²) >= 11 is 0. The van der Waals surface area contributed by atoms with Gasteiger partial charge in [-0.1, -0.05) is 49.6 Å². The fraction of sp³-hybridized carbons (Fsp3) is 0.632. The topological polar surface area (TPSA) is 32.3 Å². The monoisotopic (exact) mass is 302 g/mol. The molecule has 2 amide bonds. The third-order valence-corrected chi connectivity index (χ3v) is 4.68. The van der Waals surface area contributed by atoms with E-state index >= 15 is 0 Å². The van der Waals surface area contributed by atoms with Gasteiger partial charge in [0.15, 0.2) is 0 Å². The number of urea groups is 1. The SMILES string of the molecule is CC(CCc1ccccc1)NC(=O)N(C)CC1CCCCC1. The maximum absolute atomic E-state index is 12.3. The van der Waals surface area contributed by atoms with Crippen molar-refractivity contribution in [2.75, 3.05) is 13.6 Å². The molecule has 0 heterocycles. The number of hydrogen-bond acceptors (Lipinski definition) is 1. The molecular formula is C19H30N2O. The Labute approximate surface area is 135 Å². The fourth-order valence-electron chi connectivity index (χ4n) is 3.26. The normalized spacial score (nSPS) is 17.0. The third-order valence-electron chi connectivity index (χ3n) is 4.68. The number of carbonyl (C=O) groups is 1. The highest BCUT2D eigenvalue weighted by atomic mass is 16.2. The van der Waals surface area contributed by atoms with Gasteiger partial charge in [0.1, 0.15) is 0 Å². The summed E-state index contributed by atoms with van der Waals surface area (Å²) in [5.41, 5.74) is 1.33. The first-order chi connectivity index (χ1) is 10.6. The number of carbonyl (C=O) groups excluding carboxylic acids is 1. The minimum atomic E-state index is 0.0751. The molecule has 1 aromatic rings. The van der Waals surface area contributed by atoms with Crippen LogP contribution in [0.2, 0.25) is 0 Å². The van der Waals surface area contributed by atoms with Gasteiger partial charge in [-0.3, -0.25) is 0 Å². The molecule has 1 aromatic carbocycles. The summed E-state index contributed by atoms with van der Waals surface area (Å²) in [4.78, 5) is 14.1. The fourth-order valence-corrected chi connectivity index (χ4v) is 3.26. The van der Waals surface area contributed by atoms with E-state index in [1.54, 1.807) is 0 Å². The van der Waals surface area contributed by atoms with Crippen LogP contribution < -0.4 is 5.32 Å². The van der Waals surface area contributed by atoms with Gasteiger partial charge in [-0.2, -0.15) is 0 Å². The van der Waals surface area contributed by atoms with E-state index in [0.717, 1.165) is 19.4 Å². The minimum Gasteiger partial charge on any atom is -0.336 e. The zero-order valence-electron chi connectivity index (χ0n) is 14.1. The molecule has 0 bridgehead atoms. The average Bonchev–Trinajstić information content (AvgIpc) is 2.55. The Bertz CT molecular complexity index is 440. The maximum Gasteiger partial charge on any atom is 0.317 e. The molecule has 1 unspecified atom stereocenters. The van der Waals surface area contributed by atoms with Crippen LogP contribution in [0, 0.1) is 5.92 Å². The van der Waals surface area contributed by atoms with Crippen molar-refractivity contribution in [2.45, 2.75) is 57.9 Å². The van der Waals surface area contributed by atoms with Crippen LogP contribution in [0.1, 0.15) is 51.0 Å². The van der Waals surface area contributed by atoms with Crippen molar-refractivity contribution < 1.29 is 4.79 Å². The molecule has 0 saturated heterocycles. The smallest absolute Gasteiger partial charge is 0.317 e. The summed E-state index contributed by atoms with van der Waals surface area (Å²) in [6, 6.07) is 10.7. The van der Waals surface area contributed by atoms with Crippen LogP contribution in [0.3, 0.4) is 0 Å². The molecule has 0 aromatic heterocycles. The van der Waals surface area contributed by atoms with Gasteiger partial charge in [-0.05, 0) is 44.1 Å². The van der Waals surface area contributed by atoms with Crippen LogP contribution >= 0.6 is 0 Å². The lowest BCUT2D eigenvalue weighted by molar-refractivity contribution is 0.188. The minimum absolute atomic E-state index is 0.0751. The molecule has 0 radical (unpaired) electrons. The quantitative estimate of drug-likeness (QED) is 0.838. The van der Waals surface area contributed by atoms with Crippen molar-refractivity contribution in [2.24, 2.45) is 5.92 Å². The Morgan fingerprint density at radius 2 is 1.91 bits per heavy atom. The maximum atomic E-state index is 12.3. The first-order valence-electron chi connectivity index (χ1n) is 8.70. The van der Waals surface area contributed by atoms with Crippen LogP contribution in [-0.4, -0.2) is 30.6 Å². The number of rotatable bonds is 6. The van der Waals surface area contributed by atoms with Crippen LogP contribution in [-0.2, 0) is 6.42 Å². The van der Waals surface area contributed by atoms with Crippen molar-refractivity contribution in [1.29, 1.82) is 0 Å². The lowest BCUT2D eigenvalue weighted by atomic mass is 9.89. The van der Waals surface area contributed by atoms with E-state index in [1.165, 1.54) is 37.7 Å². The van der Waals surface area contributed by atoms with Crippen molar-refractivity contribution in [3.05, 3.63) is 35.9 Å². The number of amides is 2. The van der Waals surface area contributed by atoms with Crippen LogP contribution in [0.15, 0.2) is 30.3 Å². The third kappa shape index (κ3) is 5.70. The Morgan fingerprint density at radius 1 is 1.23 bits per heavy atom. The molecule has 1 fully saturated rings. The molecule has 3 nitrogen and oxygen atoms in total. The van der Waals surface area contributed by atoms with E-state index in [4.69, 9.17) is 0 Å². The van der Waals surface area contributed by atoms with Crippen LogP contribution in [0.25, 0.3) is 0 Å². The number of benzene rings is 1. The molecule has 1 N–H and O–H groups in total. The number of hydrogen-bond donors (Lipinski definition) is 1. The lowest BCUT2D eigenvalue weighted by Crippen LogP contribution is -2.44. The van der Waals surface area contributed by atoms with E-state index in [0.29, 0.717) is 5.92 Å². The first-order valence-corrected chi connectivity index (χ1v) is 8.70. The zero-order chi connectivity index (χ0) is 15.8. The standard InChI is InChI=1S/C19H30N2O/c1-16(13-14-17-9-5-3-6-10-17)20-19(22)21(2)15-18-11-7-4-8-12-18/h3,5-6,9-10,16,18H,4,7-8,11-15H2,1-2H3,(H,20,22). The average molecular weight is 302 g/mol. The first kappa shape index (κ1) is 16.9. The Kier molecular flexibility index (Phi) is 6.75. The predicted octanol–water partition coefficient (Wildman–Crippen LogP) is 4.23. The molecule has 1 saturated carbocycles. The summed E-state index contributed by atoms with van der Waals surface area (Å²) in [6.45, 7) is 2.99. The predicted molar refractivity (Wildman–Crippen MR) is 92.0 cm³/mol. The van der Waals surface area contributed by atoms with Gasteiger partial charge in [0.05, 0.1) is 0 Å². The molecule has 1 atom stereocenters. The van der Waals surface area contributed by atoms with Gasteiger partial charge in [-0.25, -0.2) is 4.79 Å². The van der Waals surface area contributed by atoms with E-state index in [9.17, 15) is 4.79 Å². The van der Waals surface area contributed by atoms with E-state index in [2.05, 4.69) is 36.5 Å². The summed E-state index contributed by atoms with van der Waals surface area (Å²) in [5.74, 6) is 0.698. The number of nitrogens with zero attached hydrogens (tertiary/aromatic N) is 1. The van der Waals surface area contributed by atoms with E-state index in [1.807, 2.05) is 18.0 Å². The van der Waals surface area contributed by atoms with Crippen LogP contribution in [0.5, 0.6) is 0 Å². The van der Waals surface area contributed by atoms with E-state index in [-0.39, 0.29) is 12.1 Å². The van der Waals surface area contributed by atoms with Gasteiger partial charge in [0.25, 0.3) is 0 Å². The van der Waals surface area contributed by atoms with Crippen molar-refractivity contribution >= 4 is 6.03 Å². The molecular weight excluding hydrogens is 272 g/mol. The summed E-state index contributed by atoms with van der Waals surface area (Å²) in [6.07, 6.45) is 8.56. The summed E-state index contributed by atoms with van der Waals surface area (Å²) in [5, 5.41) is 3.13. The Morgan fingerprint density at radius 3 is 2.59 bits per heavy atom. The highest BCUT2D eigenvalue weighted by molar-refractivity contribution is 5.74. The molecule has 2 rings (SSSR count). The van der Waals surface area contributed by atoms with Crippen molar-refractivity contribution in [3.8, 4) is 0 Å². The van der Waals surface area contributed by atoms with Gasteiger partial charge >= 0.3 is 6.03 Å². The second-order valence-corrected chi connectivity index (χ2v) is 6.76. The second-order valence-electron chi connectivity index (χ2n) is 6.76. The number of aryl methyl sites for hydroxylation is 1. The Balaban J connectivity index is 1.68. The highest BCUT2D eigenvalue weighted by Crippen LogP contribution is 2.24. The van der Waals surface area contributed by atoms with Crippen molar-refractivity contribution in [3.63, 3.8) is 0 Å². The molecule has 1 aliphatic rings. The molecule has 3 heteroatoms. The van der Waals surface area contributed by atoms with Gasteiger partial charge in [-0.15, -0.1) is 0 Å². The largest absolute Gasteiger partial charge is 0.336 e. The second kappa shape index (κ2) is 8.82. The van der Waals surface area contributed by atoms with Crippen molar-refractivity contribution in [1.82, 2.24) is 10.2 Å². The van der Waals surface area contributed by atoms with E-state index < -0.39 is 0 Å².